The molecule has 1 unspecified atom stereocenters. The van der Waals surface area contributed by atoms with Gasteiger partial charge in [-0.05, 0) is 42.5 Å². The summed E-state index contributed by atoms with van der Waals surface area (Å²) in [6, 6.07) is 6.01. The number of thiocarbonyl (C=S) groups is 1. The van der Waals surface area contributed by atoms with E-state index in [-0.39, 0.29) is 11.2 Å². The second kappa shape index (κ2) is 5.51. The third kappa shape index (κ3) is 2.56. The summed E-state index contributed by atoms with van der Waals surface area (Å²) in [7, 11) is 1.90. The van der Waals surface area contributed by atoms with Gasteiger partial charge in [0.2, 0.25) is 6.21 Å². The van der Waals surface area contributed by atoms with Crippen molar-refractivity contribution in [2.24, 2.45) is 0 Å². The van der Waals surface area contributed by atoms with Crippen LogP contribution in [0.15, 0.2) is 24.3 Å². The first-order valence-corrected chi connectivity index (χ1v) is 7.86. The van der Waals surface area contributed by atoms with E-state index in [2.05, 4.69) is 0 Å². The monoisotopic (exact) mass is 340 g/mol. The maximum Gasteiger partial charge on any atom is 0.282 e. The Balaban J connectivity index is 2.36. The summed E-state index contributed by atoms with van der Waals surface area (Å²) >= 11 is 6.74. The van der Waals surface area contributed by atoms with Crippen LogP contribution in [0.2, 0.25) is 0 Å². The van der Waals surface area contributed by atoms with Crippen molar-refractivity contribution >= 4 is 40.2 Å². The third-order valence-corrected chi connectivity index (χ3v) is 6.40. The first-order chi connectivity index (χ1) is 10.1. The fourth-order valence-electron chi connectivity index (χ4n) is 2.18. The molecule has 1 saturated heterocycles. The molecule has 1 heterocycles. The first kappa shape index (κ1) is 16.7. The Morgan fingerprint density at radius 2 is 1.86 bits per heavy atom. The Kier molecular flexibility index (Phi) is 4.18. The molecule has 2 rings (SSSR count). The van der Waals surface area contributed by atoms with E-state index in [9.17, 15) is 15.3 Å². The van der Waals surface area contributed by atoms with Gasteiger partial charge in [-0.3, -0.25) is 15.3 Å². The van der Waals surface area contributed by atoms with Gasteiger partial charge < -0.3 is 4.90 Å². The van der Waals surface area contributed by atoms with Crippen LogP contribution in [-0.4, -0.2) is 47.8 Å². The Labute approximate surface area is 138 Å². The van der Waals surface area contributed by atoms with Crippen molar-refractivity contribution in [1.82, 2.24) is 4.90 Å². The highest BCUT2D eigenvalue weighted by Crippen LogP contribution is 2.47. The van der Waals surface area contributed by atoms with Gasteiger partial charge in [-0.25, -0.2) is 0 Å². The number of hydroxylamine groups is 1. The van der Waals surface area contributed by atoms with Crippen LogP contribution in [-0.2, 0) is 0 Å². The first-order valence-electron chi connectivity index (χ1n) is 6.64. The molecule has 1 aliphatic heterocycles. The summed E-state index contributed by atoms with van der Waals surface area (Å²) < 4.78 is 1.85. The summed E-state index contributed by atoms with van der Waals surface area (Å²) in [5.74, 6) is 0. The van der Waals surface area contributed by atoms with E-state index in [4.69, 9.17) is 12.2 Å². The molecule has 118 valence electrons. The van der Waals surface area contributed by atoms with E-state index in [1.807, 2.05) is 32.7 Å². The predicted octanol–water partition coefficient (Wildman–Crippen LogP) is 2.87. The molecule has 0 radical (unpaired) electrons. The Bertz CT molecular complexity index is 658. The molecule has 1 fully saturated rings. The van der Waals surface area contributed by atoms with Gasteiger partial charge in [0, 0.05) is 31.7 Å². The van der Waals surface area contributed by atoms with Crippen LogP contribution >= 0.6 is 24.0 Å². The van der Waals surface area contributed by atoms with Crippen molar-refractivity contribution in [3.05, 3.63) is 39.9 Å². The van der Waals surface area contributed by atoms with Crippen molar-refractivity contribution in [2.45, 2.75) is 31.2 Å². The van der Waals surface area contributed by atoms with Crippen molar-refractivity contribution in [3.8, 4) is 0 Å². The van der Waals surface area contributed by atoms with Crippen LogP contribution in [0.25, 0.3) is 0 Å². The van der Waals surface area contributed by atoms with Gasteiger partial charge in [-0.1, -0.05) is 12.2 Å². The quantitative estimate of drug-likeness (QED) is 0.228. The molecule has 22 heavy (non-hydrogen) atoms. The van der Waals surface area contributed by atoms with E-state index in [1.54, 1.807) is 18.3 Å². The number of nitrogens with zero attached hydrogens (tertiary/aromatic N) is 3. The lowest BCUT2D eigenvalue weighted by Crippen LogP contribution is -2.55. The summed E-state index contributed by atoms with van der Waals surface area (Å²) in [5.41, 5.74) is 0.302. The van der Waals surface area contributed by atoms with Crippen LogP contribution < -0.4 is 0 Å². The van der Waals surface area contributed by atoms with Gasteiger partial charge >= 0.3 is 0 Å². The molecule has 6 nitrogen and oxygen atoms in total. The van der Waals surface area contributed by atoms with Gasteiger partial charge in [0.15, 0.2) is 0 Å². The lowest BCUT2D eigenvalue weighted by Gasteiger charge is -2.34. The predicted molar refractivity (Wildman–Crippen MR) is 90.7 cm³/mol. The topological polar surface area (TPSA) is 69.6 Å². The Morgan fingerprint density at radius 1 is 1.32 bits per heavy atom. The molecule has 8 heteroatoms. The minimum Gasteiger partial charge on any atom is -0.347 e. The number of nitro benzene ring substituents is 1. The molecule has 1 aromatic carbocycles. The van der Waals surface area contributed by atoms with E-state index in [1.165, 1.54) is 23.9 Å². The second-order valence-electron chi connectivity index (χ2n) is 5.79. The van der Waals surface area contributed by atoms with Crippen molar-refractivity contribution in [2.75, 3.05) is 7.05 Å². The molecule has 1 aromatic rings. The summed E-state index contributed by atoms with van der Waals surface area (Å²) in [5, 5.41) is 21.2. The van der Waals surface area contributed by atoms with Gasteiger partial charge in [0.25, 0.3) is 10.6 Å². The lowest BCUT2D eigenvalue weighted by atomic mass is 9.94. The Hall–Kier alpha value is -1.67. The molecule has 0 saturated carbocycles. The largest absolute Gasteiger partial charge is 0.347 e. The summed E-state index contributed by atoms with van der Waals surface area (Å²) in [6.45, 7) is 5.92. The minimum atomic E-state index is -0.666. The SMILES string of the molecule is CN1C(=S)SC(C)([N+](O)=Cc2ccc([N+](=O)[O-])cc2)C1(C)C. The summed E-state index contributed by atoms with van der Waals surface area (Å²) in [6.07, 6.45) is 1.56. The fourth-order valence-corrected chi connectivity index (χ4v) is 4.13. The second-order valence-corrected chi connectivity index (χ2v) is 7.82. The van der Waals surface area contributed by atoms with Crippen molar-refractivity contribution in [3.63, 3.8) is 0 Å². The molecule has 0 aromatic heterocycles. The van der Waals surface area contributed by atoms with E-state index in [0.29, 0.717) is 9.88 Å². The van der Waals surface area contributed by atoms with Gasteiger partial charge in [-0.15, -0.1) is 0 Å². The van der Waals surface area contributed by atoms with Crippen molar-refractivity contribution < 1.29 is 14.9 Å². The van der Waals surface area contributed by atoms with Crippen LogP contribution in [0.4, 0.5) is 5.69 Å². The van der Waals surface area contributed by atoms with Gasteiger partial charge in [0.05, 0.1) is 4.92 Å². The van der Waals surface area contributed by atoms with Crippen LogP contribution in [0.1, 0.15) is 26.3 Å². The average Bonchev–Trinajstić information content (AvgIpc) is 2.60. The highest BCUT2D eigenvalue weighted by Gasteiger charge is 2.62. The number of benzene rings is 1. The minimum absolute atomic E-state index is 0.0179. The lowest BCUT2D eigenvalue weighted by molar-refractivity contribution is -0.809. The zero-order valence-corrected chi connectivity index (χ0v) is 14.4. The zero-order valence-electron chi connectivity index (χ0n) is 12.8. The third-order valence-electron chi connectivity index (χ3n) is 4.35. The average molecular weight is 340 g/mol. The van der Waals surface area contributed by atoms with Crippen LogP contribution in [0.5, 0.6) is 0 Å². The number of hydrogen-bond acceptors (Lipinski definition) is 5. The number of nitro groups is 1. The number of hydrogen-bond donors (Lipinski definition) is 1. The number of thioether (sulfide) groups is 1. The summed E-state index contributed by atoms with van der Waals surface area (Å²) in [4.78, 5) is 11.5. The van der Waals surface area contributed by atoms with Gasteiger partial charge in [-0.2, -0.15) is 0 Å². The maximum absolute atomic E-state index is 10.7. The highest BCUT2D eigenvalue weighted by atomic mass is 32.2. The molecule has 1 aliphatic rings. The highest BCUT2D eigenvalue weighted by molar-refractivity contribution is 8.24. The fraction of sp³-hybridized carbons (Fsp3) is 0.429. The number of likely N-dealkylation sites (N-methyl/N-ethyl adjacent to an activating group) is 1. The van der Waals surface area contributed by atoms with E-state index < -0.39 is 9.79 Å². The zero-order chi connectivity index (χ0) is 16.7. The van der Waals surface area contributed by atoms with E-state index in [0.717, 1.165) is 4.74 Å². The standard InChI is InChI=1S/C14H18N3O3S2/c1-13(2)14(3,22-12(21)15(13)4)16(18)9-10-5-7-11(8-6-10)17(19)20/h5-9,18H,1-4H3/q+1. The van der Waals surface area contributed by atoms with Crippen LogP contribution in [0.3, 0.4) is 0 Å². The molecule has 0 bridgehead atoms. The van der Waals surface area contributed by atoms with Crippen LogP contribution in [0, 0.1) is 10.1 Å². The molecule has 0 spiro atoms. The van der Waals surface area contributed by atoms with Crippen molar-refractivity contribution in [1.29, 1.82) is 0 Å². The number of rotatable bonds is 3. The molecular weight excluding hydrogens is 322 g/mol. The molecular formula is C14H18N3O3S2+. The maximum atomic E-state index is 10.7. The van der Waals surface area contributed by atoms with E-state index >= 15 is 0 Å². The van der Waals surface area contributed by atoms with Gasteiger partial charge in [0.1, 0.15) is 9.86 Å². The Morgan fingerprint density at radius 3 is 2.27 bits per heavy atom. The molecule has 0 amide bonds. The molecule has 1 atom stereocenters. The number of non-ortho nitro benzene ring substituents is 1. The smallest absolute Gasteiger partial charge is 0.282 e. The normalized spacial score (nSPS) is 24.6. The molecule has 1 N–H and O–H groups in total. The molecule has 0 aliphatic carbocycles.